The fraction of sp³-hybridized carbons (Fsp3) is 0.455. The highest BCUT2D eigenvalue weighted by Gasteiger charge is 2.30. The van der Waals surface area contributed by atoms with E-state index in [1.54, 1.807) is 0 Å². The van der Waals surface area contributed by atoms with Gasteiger partial charge in [-0.3, -0.25) is 0 Å². The minimum absolute atomic E-state index is 0.0125. The molecule has 2 heteroatoms. The predicted molar refractivity (Wildman–Crippen MR) is 53.0 cm³/mol. The first-order chi connectivity index (χ1) is 6.29. The van der Waals surface area contributed by atoms with E-state index in [4.69, 9.17) is 4.74 Å². The molecule has 1 fully saturated rings. The first kappa shape index (κ1) is 8.57. The Hall–Kier alpha value is -1.02. The summed E-state index contributed by atoms with van der Waals surface area (Å²) in [4.78, 5) is 0. The second-order valence-corrected chi connectivity index (χ2v) is 3.79. The van der Waals surface area contributed by atoms with Crippen molar-refractivity contribution in [2.24, 2.45) is 0 Å². The van der Waals surface area contributed by atoms with E-state index < -0.39 is 0 Å². The van der Waals surface area contributed by atoms with E-state index in [1.807, 2.05) is 30.3 Å². The molecule has 2 nitrogen and oxygen atoms in total. The molecule has 0 aliphatic carbocycles. The molecule has 0 amide bonds. The van der Waals surface area contributed by atoms with E-state index in [9.17, 15) is 0 Å². The van der Waals surface area contributed by atoms with Gasteiger partial charge in [0.15, 0.2) is 0 Å². The summed E-state index contributed by atoms with van der Waals surface area (Å²) in [5.41, 5.74) is -0.0125. The van der Waals surface area contributed by atoms with Crippen molar-refractivity contribution >= 4 is 0 Å². The average molecular weight is 177 g/mol. The minimum atomic E-state index is -0.0125. The van der Waals surface area contributed by atoms with Crippen molar-refractivity contribution < 1.29 is 4.74 Å². The third kappa shape index (κ3) is 2.01. The predicted octanol–water partition coefficient (Wildman–Crippen LogP) is 1.82. The number of para-hydroxylation sites is 1. The molecule has 0 radical (unpaired) electrons. The van der Waals surface area contributed by atoms with Gasteiger partial charge in [-0.05, 0) is 25.6 Å². The van der Waals surface area contributed by atoms with Crippen molar-refractivity contribution in [1.29, 1.82) is 0 Å². The number of hydrogen-bond donors (Lipinski definition) is 1. The molecule has 1 unspecified atom stereocenters. The van der Waals surface area contributed by atoms with Crippen LogP contribution in [0.15, 0.2) is 30.3 Å². The zero-order valence-electron chi connectivity index (χ0n) is 7.92. The molecule has 0 saturated carbocycles. The van der Waals surface area contributed by atoms with Crippen LogP contribution in [0.4, 0.5) is 0 Å². The van der Waals surface area contributed by atoms with Gasteiger partial charge in [0.1, 0.15) is 11.4 Å². The van der Waals surface area contributed by atoms with Gasteiger partial charge in [0, 0.05) is 13.0 Å². The topological polar surface area (TPSA) is 21.3 Å². The maximum atomic E-state index is 5.90. The van der Waals surface area contributed by atoms with E-state index in [1.165, 1.54) is 0 Å². The normalized spacial score (nSPS) is 27.5. The highest BCUT2D eigenvalue weighted by atomic mass is 16.5. The van der Waals surface area contributed by atoms with E-state index >= 15 is 0 Å². The van der Waals surface area contributed by atoms with Crippen LogP contribution in [0.3, 0.4) is 0 Å². The van der Waals surface area contributed by atoms with Crippen LogP contribution in [-0.2, 0) is 0 Å². The average Bonchev–Trinajstić information content (AvgIpc) is 2.54. The molecule has 1 aromatic carbocycles. The molecule has 1 aromatic rings. The SMILES string of the molecule is CC1(Oc2ccccc2)CCNC1. The second kappa shape index (κ2) is 3.38. The van der Waals surface area contributed by atoms with Gasteiger partial charge in [0.2, 0.25) is 0 Å². The van der Waals surface area contributed by atoms with Crippen LogP contribution >= 0.6 is 0 Å². The molecule has 1 heterocycles. The first-order valence-corrected chi connectivity index (χ1v) is 4.73. The lowest BCUT2D eigenvalue weighted by Gasteiger charge is -2.24. The Morgan fingerprint density at radius 3 is 2.69 bits per heavy atom. The second-order valence-electron chi connectivity index (χ2n) is 3.79. The number of benzene rings is 1. The quantitative estimate of drug-likeness (QED) is 0.744. The van der Waals surface area contributed by atoms with Gasteiger partial charge in [-0.25, -0.2) is 0 Å². The molecule has 1 N–H and O–H groups in total. The van der Waals surface area contributed by atoms with Crippen molar-refractivity contribution in [3.05, 3.63) is 30.3 Å². The summed E-state index contributed by atoms with van der Waals surface area (Å²) in [5, 5.41) is 3.31. The summed E-state index contributed by atoms with van der Waals surface area (Å²) >= 11 is 0. The molecule has 0 aromatic heterocycles. The van der Waals surface area contributed by atoms with Gasteiger partial charge in [-0.15, -0.1) is 0 Å². The maximum absolute atomic E-state index is 5.90. The van der Waals surface area contributed by atoms with Crippen molar-refractivity contribution in [1.82, 2.24) is 5.32 Å². The molecule has 2 rings (SSSR count). The summed E-state index contributed by atoms with van der Waals surface area (Å²) < 4.78 is 5.90. The van der Waals surface area contributed by atoms with E-state index in [0.717, 1.165) is 25.3 Å². The Kier molecular flexibility index (Phi) is 2.23. The molecule has 0 bridgehead atoms. The molecular weight excluding hydrogens is 162 g/mol. The lowest BCUT2D eigenvalue weighted by atomic mass is 10.1. The zero-order chi connectivity index (χ0) is 9.15. The molecule has 1 aliphatic rings. The third-order valence-electron chi connectivity index (χ3n) is 2.44. The molecule has 70 valence electrons. The zero-order valence-corrected chi connectivity index (χ0v) is 7.92. The monoisotopic (exact) mass is 177 g/mol. The third-order valence-corrected chi connectivity index (χ3v) is 2.44. The number of rotatable bonds is 2. The molecular formula is C11H15NO. The van der Waals surface area contributed by atoms with E-state index in [-0.39, 0.29) is 5.60 Å². The smallest absolute Gasteiger partial charge is 0.120 e. The standard InChI is InChI=1S/C11H15NO/c1-11(7-8-12-9-11)13-10-5-3-2-4-6-10/h2-6,12H,7-9H2,1H3. The van der Waals surface area contributed by atoms with E-state index in [2.05, 4.69) is 12.2 Å². The molecule has 1 saturated heterocycles. The molecule has 1 aliphatic heterocycles. The molecule has 0 spiro atoms. The van der Waals surface area contributed by atoms with Gasteiger partial charge in [0.25, 0.3) is 0 Å². The van der Waals surface area contributed by atoms with Gasteiger partial charge in [-0.2, -0.15) is 0 Å². The Bertz CT molecular complexity index is 265. The van der Waals surface area contributed by atoms with Crippen molar-refractivity contribution in [3.63, 3.8) is 0 Å². The number of nitrogens with one attached hydrogen (secondary N) is 1. The Labute approximate surface area is 78.9 Å². The highest BCUT2D eigenvalue weighted by Crippen LogP contribution is 2.22. The maximum Gasteiger partial charge on any atom is 0.120 e. The van der Waals surface area contributed by atoms with E-state index in [0.29, 0.717) is 0 Å². The van der Waals surface area contributed by atoms with Crippen molar-refractivity contribution in [2.45, 2.75) is 18.9 Å². The van der Waals surface area contributed by atoms with Crippen molar-refractivity contribution in [3.8, 4) is 5.75 Å². The van der Waals surface area contributed by atoms with Crippen LogP contribution in [0.2, 0.25) is 0 Å². The van der Waals surface area contributed by atoms with Crippen LogP contribution in [0, 0.1) is 0 Å². The minimum Gasteiger partial charge on any atom is -0.486 e. The summed E-state index contributed by atoms with van der Waals surface area (Å²) in [6.45, 7) is 4.16. The van der Waals surface area contributed by atoms with Crippen molar-refractivity contribution in [2.75, 3.05) is 13.1 Å². The fourth-order valence-electron chi connectivity index (χ4n) is 1.65. The van der Waals surface area contributed by atoms with Gasteiger partial charge in [-0.1, -0.05) is 18.2 Å². The van der Waals surface area contributed by atoms with Crippen LogP contribution in [0.5, 0.6) is 5.75 Å². The summed E-state index contributed by atoms with van der Waals surface area (Å²) in [6.07, 6.45) is 1.09. The lowest BCUT2D eigenvalue weighted by Crippen LogP contribution is -2.34. The lowest BCUT2D eigenvalue weighted by molar-refractivity contribution is 0.111. The fourth-order valence-corrected chi connectivity index (χ4v) is 1.65. The summed E-state index contributed by atoms with van der Waals surface area (Å²) in [6, 6.07) is 10.0. The Balaban J connectivity index is 2.05. The van der Waals surface area contributed by atoms with Crippen LogP contribution in [0.25, 0.3) is 0 Å². The van der Waals surface area contributed by atoms with Gasteiger partial charge >= 0.3 is 0 Å². The largest absolute Gasteiger partial charge is 0.486 e. The van der Waals surface area contributed by atoms with Crippen LogP contribution in [0.1, 0.15) is 13.3 Å². The Morgan fingerprint density at radius 1 is 1.31 bits per heavy atom. The first-order valence-electron chi connectivity index (χ1n) is 4.73. The van der Waals surface area contributed by atoms with Gasteiger partial charge < -0.3 is 10.1 Å². The highest BCUT2D eigenvalue weighted by molar-refractivity contribution is 5.22. The summed E-state index contributed by atoms with van der Waals surface area (Å²) in [7, 11) is 0. The Morgan fingerprint density at radius 2 is 2.08 bits per heavy atom. The van der Waals surface area contributed by atoms with Crippen LogP contribution in [-0.4, -0.2) is 18.7 Å². The van der Waals surface area contributed by atoms with Gasteiger partial charge in [0.05, 0.1) is 0 Å². The number of hydrogen-bond acceptors (Lipinski definition) is 2. The number of ether oxygens (including phenoxy) is 1. The van der Waals surface area contributed by atoms with Crippen LogP contribution < -0.4 is 10.1 Å². The summed E-state index contributed by atoms with van der Waals surface area (Å²) in [5.74, 6) is 0.966. The molecule has 1 atom stereocenters. The molecule has 13 heavy (non-hydrogen) atoms.